The van der Waals surface area contributed by atoms with Crippen LogP contribution in [0.3, 0.4) is 0 Å². The van der Waals surface area contributed by atoms with Gasteiger partial charge in [-0.05, 0) is 52.7 Å². The number of hydrogen-bond acceptors (Lipinski definition) is 2. The Kier molecular flexibility index (Phi) is 4.45. The van der Waals surface area contributed by atoms with E-state index in [0.29, 0.717) is 21.4 Å². The van der Waals surface area contributed by atoms with Crippen LogP contribution in [0.2, 0.25) is 10.0 Å². The van der Waals surface area contributed by atoms with Crippen molar-refractivity contribution in [2.75, 3.05) is 5.32 Å². The number of halogens is 3. The van der Waals surface area contributed by atoms with Crippen LogP contribution < -0.4 is 5.32 Å². The molecule has 6 heteroatoms. The predicted octanol–water partition coefficient (Wildman–Crippen LogP) is 4.71. The van der Waals surface area contributed by atoms with Crippen LogP contribution in [0.4, 0.5) is 5.69 Å². The van der Waals surface area contributed by atoms with Gasteiger partial charge in [-0.25, -0.2) is 4.98 Å². The van der Waals surface area contributed by atoms with E-state index < -0.39 is 0 Å². The van der Waals surface area contributed by atoms with Crippen LogP contribution in [0.25, 0.3) is 0 Å². The molecule has 1 N–H and O–H groups in total. The van der Waals surface area contributed by atoms with Crippen LogP contribution in [0.5, 0.6) is 0 Å². The highest BCUT2D eigenvalue weighted by Crippen LogP contribution is 2.29. The molecule has 0 saturated carbocycles. The third-order valence-electron chi connectivity index (χ3n) is 2.46. The van der Waals surface area contributed by atoms with E-state index >= 15 is 0 Å². The van der Waals surface area contributed by atoms with Crippen molar-refractivity contribution in [1.29, 1.82) is 0 Å². The Morgan fingerprint density at radius 1 is 1.26 bits per heavy atom. The highest BCUT2D eigenvalue weighted by molar-refractivity contribution is 9.10. The number of benzene rings is 1. The Labute approximate surface area is 129 Å². The fraction of sp³-hybridized carbons (Fsp3) is 0.0769. The smallest absolute Gasteiger partial charge is 0.274 e. The Hall–Kier alpha value is -1.10. The molecule has 0 saturated heterocycles. The third kappa shape index (κ3) is 3.47. The lowest BCUT2D eigenvalue weighted by Gasteiger charge is -2.09. The summed E-state index contributed by atoms with van der Waals surface area (Å²) in [4.78, 5) is 16.0. The number of anilines is 1. The van der Waals surface area contributed by atoms with E-state index in [1.165, 1.54) is 0 Å². The van der Waals surface area contributed by atoms with E-state index in [4.69, 9.17) is 23.2 Å². The quantitative estimate of drug-likeness (QED) is 0.843. The highest BCUT2D eigenvalue weighted by atomic mass is 79.9. The van der Waals surface area contributed by atoms with E-state index in [1.54, 1.807) is 30.5 Å². The molecular weight excluding hydrogens is 351 g/mol. The van der Waals surface area contributed by atoms with E-state index in [1.807, 2.05) is 6.92 Å². The van der Waals surface area contributed by atoms with Crippen LogP contribution in [-0.2, 0) is 0 Å². The molecule has 1 aromatic carbocycles. The number of carbonyl (C=O) groups excluding carboxylic acids is 1. The monoisotopic (exact) mass is 358 g/mol. The second-order valence-corrected chi connectivity index (χ2v) is 5.63. The molecule has 0 atom stereocenters. The summed E-state index contributed by atoms with van der Waals surface area (Å²) in [6, 6.07) is 6.68. The van der Waals surface area contributed by atoms with Gasteiger partial charge in [0.1, 0.15) is 5.69 Å². The zero-order valence-electron chi connectivity index (χ0n) is 9.88. The molecule has 0 aliphatic heterocycles. The molecule has 0 spiro atoms. The minimum Gasteiger partial charge on any atom is -0.319 e. The number of hydrogen-bond donors (Lipinski definition) is 1. The minimum atomic E-state index is -0.339. The SMILES string of the molecule is Cc1cc(Cl)c(NC(=O)c2ccc(Br)cn2)cc1Cl. The van der Waals surface area contributed by atoms with Crippen molar-refractivity contribution in [3.63, 3.8) is 0 Å². The van der Waals surface area contributed by atoms with Crippen molar-refractivity contribution in [3.05, 3.63) is 56.2 Å². The van der Waals surface area contributed by atoms with E-state index in [-0.39, 0.29) is 5.91 Å². The molecule has 1 aromatic heterocycles. The molecule has 0 aliphatic carbocycles. The van der Waals surface area contributed by atoms with Gasteiger partial charge in [0.25, 0.3) is 5.91 Å². The van der Waals surface area contributed by atoms with Crippen molar-refractivity contribution in [1.82, 2.24) is 4.98 Å². The maximum absolute atomic E-state index is 12.0. The lowest BCUT2D eigenvalue weighted by atomic mass is 10.2. The average molecular weight is 360 g/mol. The molecule has 0 bridgehead atoms. The maximum atomic E-state index is 12.0. The van der Waals surface area contributed by atoms with Gasteiger partial charge in [0.05, 0.1) is 10.7 Å². The molecule has 19 heavy (non-hydrogen) atoms. The van der Waals surface area contributed by atoms with Gasteiger partial charge < -0.3 is 5.32 Å². The van der Waals surface area contributed by atoms with Gasteiger partial charge in [-0.3, -0.25) is 4.79 Å². The second-order valence-electron chi connectivity index (χ2n) is 3.90. The molecule has 2 aromatic rings. The molecule has 0 aliphatic rings. The summed E-state index contributed by atoms with van der Waals surface area (Å²) in [5.41, 5.74) is 1.62. The number of aryl methyl sites for hydroxylation is 1. The Balaban J connectivity index is 2.24. The van der Waals surface area contributed by atoms with Gasteiger partial charge in [0, 0.05) is 15.7 Å². The molecule has 0 unspecified atom stereocenters. The summed E-state index contributed by atoms with van der Waals surface area (Å²) in [5.74, 6) is -0.339. The van der Waals surface area contributed by atoms with Crippen molar-refractivity contribution >= 4 is 50.7 Å². The van der Waals surface area contributed by atoms with Crippen molar-refractivity contribution in [3.8, 4) is 0 Å². The van der Waals surface area contributed by atoms with Gasteiger partial charge in [0.15, 0.2) is 0 Å². The zero-order chi connectivity index (χ0) is 14.0. The lowest BCUT2D eigenvalue weighted by Crippen LogP contribution is -2.13. The first kappa shape index (κ1) is 14.3. The molecule has 98 valence electrons. The van der Waals surface area contributed by atoms with E-state index in [0.717, 1.165) is 10.0 Å². The fourth-order valence-electron chi connectivity index (χ4n) is 1.44. The van der Waals surface area contributed by atoms with Gasteiger partial charge in [-0.1, -0.05) is 23.2 Å². The van der Waals surface area contributed by atoms with Gasteiger partial charge in [-0.15, -0.1) is 0 Å². The Morgan fingerprint density at radius 3 is 2.63 bits per heavy atom. The first-order chi connectivity index (χ1) is 8.97. The molecule has 1 heterocycles. The normalized spacial score (nSPS) is 10.3. The number of aromatic nitrogens is 1. The molecule has 1 amide bonds. The summed E-state index contributed by atoms with van der Waals surface area (Å²) in [7, 11) is 0. The van der Waals surface area contributed by atoms with Crippen LogP contribution >= 0.6 is 39.1 Å². The van der Waals surface area contributed by atoms with Crippen molar-refractivity contribution in [2.24, 2.45) is 0 Å². The van der Waals surface area contributed by atoms with Gasteiger partial charge in [-0.2, -0.15) is 0 Å². The molecular formula is C13H9BrCl2N2O. The summed E-state index contributed by atoms with van der Waals surface area (Å²) in [5, 5.41) is 3.66. The summed E-state index contributed by atoms with van der Waals surface area (Å²) < 4.78 is 0.806. The van der Waals surface area contributed by atoms with Gasteiger partial charge >= 0.3 is 0 Å². The first-order valence-electron chi connectivity index (χ1n) is 5.36. The topological polar surface area (TPSA) is 42.0 Å². The number of nitrogens with zero attached hydrogens (tertiary/aromatic N) is 1. The summed E-state index contributed by atoms with van der Waals surface area (Å²) >= 11 is 15.3. The van der Waals surface area contributed by atoms with E-state index in [9.17, 15) is 4.79 Å². The fourth-order valence-corrected chi connectivity index (χ4v) is 2.10. The zero-order valence-corrected chi connectivity index (χ0v) is 13.0. The highest BCUT2D eigenvalue weighted by Gasteiger charge is 2.11. The Morgan fingerprint density at radius 2 is 2.00 bits per heavy atom. The molecule has 2 rings (SSSR count). The third-order valence-corrected chi connectivity index (χ3v) is 3.65. The summed E-state index contributed by atoms with van der Waals surface area (Å²) in [6.07, 6.45) is 1.55. The maximum Gasteiger partial charge on any atom is 0.274 e. The molecule has 0 fully saturated rings. The summed E-state index contributed by atoms with van der Waals surface area (Å²) in [6.45, 7) is 1.84. The number of carbonyl (C=O) groups is 1. The number of amides is 1. The standard InChI is InChI=1S/C13H9BrCl2N2O/c1-7-4-10(16)12(5-9(7)15)18-13(19)11-3-2-8(14)6-17-11/h2-6H,1H3,(H,18,19). The van der Waals surface area contributed by atoms with Gasteiger partial charge in [0.2, 0.25) is 0 Å². The molecule has 3 nitrogen and oxygen atoms in total. The predicted molar refractivity (Wildman–Crippen MR) is 81.1 cm³/mol. The van der Waals surface area contributed by atoms with E-state index in [2.05, 4.69) is 26.2 Å². The average Bonchev–Trinajstić information content (AvgIpc) is 2.36. The lowest BCUT2D eigenvalue weighted by molar-refractivity contribution is 0.102. The molecule has 0 radical (unpaired) electrons. The van der Waals surface area contributed by atoms with Crippen LogP contribution in [0.15, 0.2) is 34.9 Å². The first-order valence-corrected chi connectivity index (χ1v) is 6.91. The van der Waals surface area contributed by atoms with Crippen LogP contribution in [0.1, 0.15) is 16.1 Å². The number of rotatable bonds is 2. The second kappa shape index (κ2) is 5.90. The van der Waals surface area contributed by atoms with Crippen LogP contribution in [-0.4, -0.2) is 10.9 Å². The van der Waals surface area contributed by atoms with Crippen molar-refractivity contribution < 1.29 is 4.79 Å². The van der Waals surface area contributed by atoms with Crippen molar-refractivity contribution in [2.45, 2.75) is 6.92 Å². The Bertz CT molecular complexity index is 629. The number of pyridine rings is 1. The number of nitrogens with one attached hydrogen (secondary N) is 1. The minimum absolute atomic E-state index is 0.302. The van der Waals surface area contributed by atoms with Crippen LogP contribution in [0, 0.1) is 6.92 Å². The largest absolute Gasteiger partial charge is 0.319 e.